The molecule has 1 saturated heterocycles. The molecule has 0 aliphatic carbocycles. The Kier molecular flexibility index (Phi) is 3.20. The van der Waals surface area contributed by atoms with Crippen LogP contribution in [0.3, 0.4) is 0 Å². The van der Waals surface area contributed by atoms with Crippen LogP contribution in [0.25, 0.3) is 0 Å². The van der Waals surface area contributed by atoms with Gasteiger partial charge in [0.1, 0.15) is 11.9 Å². The van der Waals surface area contributed by atoms with Gasteiger partial charge in [0, 0.05) is 13.0 Å². The summed E-state index contributed by atoms with van der Waals surface area (Å²) < 4.78 is 26.7. The van der Waals surface area contributed by atoms with E-state index in [1.807, 2.05) is 0 Å². The fraction of sp³-hybridized carbons (Fsp3) is 0.538. The number of nitrogens with zero attached hydrogens (tertiary/aromatic N) is 3. The second-order valence-electron chi connectivity index (χ2n) is 4.75. The molecule has 0 amide bonds. The number of anilines is 1. The van der Waals surface area contributed by atoms with Gasteiger partial charge >= 0.3 is 0 Å². The van der Waals surface area contributed by atoms with Crippen molar-refractivity contribution in [3.63, 3.8) is 0 Å². The summed E-state index contributed by atoms with van der Waals surface area (Å²) in [5.41, 5.74) is 1.91. The number of nitriles is 1. The number of hydrogen-bond acceptors (Lipinski definition) is 3. The Labute approximate surface area is 105 Å². The number of aryl methyl sites for hydroxylation is 2. The van der Waals surface area contributed by atoms with Gasteiger partial charge in [0.25, 0.3) is 5.92 Å². The first-order valence-corrected chi connectivity index (χ1v) is 5.94. The molecule has 1 fully saturated rings. The molecule has 1 aromatic heterocycles. The fourth-order valence-corrected chi connectivity index (χ4v) is 2.30. The molecule has 5 heteroatoms. The molecule has 0 saturated carbocycles. The predicted molar refractivity (Wildman–Crippen MR) is 64.8 cm³/mol. The van der Waals surface area contributed by atoms with Gasteiger partial charge in [-0.25, -0.2) is 13.8 Å². The van der Waals surface area contributed by atoms with Crippen LogP contribution in [-0.2, 0) is 0 Å². The molecule has 0 spiro atoms. The van der Waals surface area contributed by atoms with Crippen LogP contribution >= 0.6 is 0 Å². The van der Waals surface area contributed by atoms with Gasteiger partial charge in [-0.2, -0.15) is 5.26 Å². The van der Waals surface area contributed by atoms with Gasteiger partial charge in [-0.1, -0.05) is 0 Å². The maximum atomic E-state index is 13.4. The third-order valence-electron chi connectivity index (χ3n) is 3.21. The SMILES string of the molecule is Cc1cc(N2CCCC(F)(F)C2)nc(C)c1C#N. The van der Waals surface area contributed by atoms with E-state index >= 15 is 0 Å². The van der Waals surface area contributed by atoms with Crippen molar-refractivity contribution < 1.29 is 8.78 Å². The molecular formula is C13H15F2N3. The van der Waals surface area contributed by atoms with Crippen LogP contribution in [-0.4, -0.2) is 24.0 Å². The Morgan fingerprint density at radius 3 is 2.72 bits per heavy atom. The summed E-state index contributed by atoms with van der Waals surface area (Å²) in [6, 6.07) is 3.80. The average Bonchev–Trinajstić information content (AvgIpc) is 2.27. The first-order valence-electron chi connectivity index (χ1n) is 5.94. The summed E-state index contributed by atoms with van der Waals surface area (Å²) in [4.78, 5) is 5.87. The van der Waals surface area contributed by atoms with E-state index in [0.29, 0.717) is 30.0 Å². The predicted octanol–water partition coefficient (Wildman–Crippen LogP) is 2.81. The summed E-state index contributed by atoms with van der Waals surface area (Å²) in [7, 11) is 0. The Morgan fingerprint density at radius 1 is 1.44 bits per heavy atom. The Hall–Kier alpha value is -1.70. The van der Waals surface area contributed by atoms with Gasteiger partial charge in [-0.05, 0) is 31.9 Å². The average molecular weight is 251 g/mol. The van der Waals surface area contributed by atoms with Gasteiger partial charge < -0.3 is 4.90 Å². The highest BCUT2D eigenvalue weighted by atomic mass is 19.3. The molecule has 2 heterocycles. The van der Waals surface area contributed by atoms with Crippen molar-refractivity contribution in [1.29, 1.82) is 5.26 Å². The van der Waals surface area contributed by atoms with Crippen molar-refractivity contribution in [1.82, 2.24) is 4.98 Å². The quantitative estimate of drug-likeness (QED) is 0.770. The molecular weight excluding hydrogens is 236 g/mol. The first-order chi connectivity index (χ1) is 8.43. The molecule has 0 unspecified atom stereocenters. The zero-order chi connectivity index (χ0) is 13.3. The highest BCUT2D eigenvalue weighted by Gasteiger charge is 2.35. The van der Waals surface area contributed by atoms with E-state index in [1.54, 1.807) is 24.8 Å². The summed E-state index contributed by atoms with van der Waals surface area (Å²) >= 11 is 0. The van der Waals surface area contributed by atoms with Crippen LogP contribution in [0.4, 0.5) is 14.6 Å². The number of piperidine rings is 1. The topological polar surface area (TPSA) is 39.9 Å². The largest absolute Gasteiger partial charge is 0.351 e. The minimum Gasteiger partial charge on any atom is -0.351 e. The standard InChI is InChI=1S/C13H15F2N3/c1-9-6-12(17-10(2)11(9)7-16)18-5-3-4-13(14,15)8-18/h6H,3-5,8H2,1-2H3. The second-order valence-corrected chi connectivity index (χ2v) is 4.75. The minimum absolute atomic E-state index is 0.0578. The van der Waals surface area contributed by atoms with E-state index in [9.17, 15) is 8.78 Å². The smallest absolute Gasteiger partial charge is 0.265 e. The molecule has 18 heavy (non-hydrogen) atoms. The third-order valence-corrected chi connectivity index (χ3v) is 3.21. The molecule has 96 valence electrons. The molecule has 0 N–H and O–H groups in total. The molecule has 1 aliphatic heterocycles. The highest BCUT2D eigenvalue weighted by Crippen LogP contribution is 2.30. The summed E-state index contributed by atoms with van der Waals surface area (Å²) in [6.07, 6.45) is 0.407. The van der Waals surface area contributed by atoms with E-state index in [4.69, 9.17) is 5.26 Å². The lowest BCUT2D eigenvalue weighted by Crippen LogP contribution is -2.43. The van der Waals surface area contributed by atoms with Crippen LogP contribution in [0.15, 0.2) is 6.07 Å². The maximum Gasteiger partial charge on any atom is 0.265 e. The van der Waals surface area contributed by atoms with E-state index in [-0.39, 0.29) is 13.0 Å². The van der Waals surface area contributed by atoms with Crippen molar-refractivity contribution in [3.8, 4) is 6.07 Å². The molecule has 0 radical (unpaired) electrons. The molecule has 1 aromatic rings. The molecule has 3 nitrogen and oxygen atoms in total. The van der Waals surface area contributed by atoms with E-state index in [2.05, 4.69) is 11.1 Å². The number of alkyl halides is 2. The van der Waals surface area contributed by atoms with E-state index in [1.165, 1.54) is 0 Å². The summed E-state index contributed by atoms with van der Waals surface area (Å²) in [6.45, 7) is 3.84. The van der Waals surface area contributed by atoms with Gasteiger partial charge in [0.2, 0.25) is 0 Å². The Balaban J connectivity index is 2.32. The van der Waals surface area contributed by atoms with E-state index in [0.717, 1.165) is 5.56 Å². The van der Waals surface area contributed by atoms with Crippen LogP contribution in [0.2, 0.25) is 0 Å². The van der Waals surface area contributed by atoms with Crippen molar-refractivity contribution in [2.75, 3.05) is 18.0 Å². The fourth-order valence-electron chi connectivity index (χ4n) is 2.30. The number of hydrogen-bond donors (Lipinski definition) is 0. The van der Waals surface area contributed by atoms with Crippen LogP contribution < -0.4 is 4.90 Å². The van der Waals surface area contributed by atoms with Gasteiger partial charge in [0.05, 0.1) is 17.8 Å². The lowest BCUT2D eigenvalue weighted by atomic mass is 10.1. The van der Waals surface area contributed by atoms with Crippen LogP contribution in [0.1, 0.15) is 29.7 Å². The zero-order valence-corrected chi connectivity index (χ0v) is 10.5. The zero-order valence-electron chi connectivity index (χ0n) is 10.5. The monoisotopic (exact) mass is 251 g/mol. The maximum absolute atomic E-state index is 13.4. The number of rotatable bonds is 1. The molecule has 1 aliphatic rings. The van der Waals surface area contributed by atoms with Crippen LogP contribution in [0.5, 0.6) is 0 Å². The molecule has 0 atom stereocenters. The lowest BCUT2D eigenvalue weighted by molar-refractivity contribution is -0.0118. The van der Waals surface area contributed by atoms with Gasteiger partial charge in [-0.3, -0.25) is 0 Å². The summed E-state index contributed by atoms with van der Waals surface area (Å²) in [5.74, 6) is -2.10. The second kappa shape index (κ2) is 4.52. The van der Waals surface area contributed by atoms with Gasteiger partial charge in [0.15, 0.2) is 0 Å². The summed E-state index contributed by atoms with van der Waals surface area (Å²) in [5, 5.41) is 8.96. The number of halogens is 2. The molecule has 0 bridgehead atoms. The van der Waals surface area contributed by atoms with Crippen molar-refractivity contribution in [3.05, 3.63) is 22.9 Å². The first kappa shape index (κ1) is 12.7. The van der Waals surface area contributed by atoms with E-state index < -0.39 is 5.92 Å². The third kappa shape index (κ3) is 2.42. The molecule has 0 aromatic carbocycles. The molecule has 2 rings (SSSR count). The van der Waals surface area contributed by atoms with Crippen molar-refractivity contribution >= 4 is 5.82 Å². The number of pyridine rings is 1. The Morgan fingerprint density at radius 2 is 2.17 bits per heavy atom. The number of aromatic nitrogens is 1. The normalized spacial score (nSPS) is 18.5. The van der Waals surface area contributed by atoms with Crippen molar-refractivity contribution in [2.45, 2.75) is 32.6 Å². The Bertz CT molecular complexity index is 482. The van der Waals surface area contributed by atoms with Crippen LogP contribution in [0, 0.1) is 25.2 Å². The minimum atomic E-state index is -2.64. The van der Waals surface area contributed by atoms with Gasteiger partial charge in [-0.15, -0.1) is 0 Å². The van der Waals surface area contributed by atoms with Crippen molar-refractivity contribution in [2.24, 2.45) is 0 Å². The lowest BCUT2D eigenvalue weighted by Gasteiger charge is -2.33. The highest BCUT2D eigenvalue weighted by molar-refractivity contribution is 5.50.